The Hall–Kier alpha value is -1.40. The molecule has 1 fully saturated rings. The van der Waals surface area contributed by atoms with Crippen molar-refractivity contribution >= 4 is 5.97 Å². The van der Waals surface area contributed by atoms with E-state index in [4.69, 9.17) is 9.84 Å². The lowest BCUT2D eigenvalue weighted by molar-refractivity contribution is 0.0331. The van der Waals surface area contributed by atoms with Crippen molar-refractivity contribution in [3.63, 3.8) is 0 Å². The van der Waals surface area contributed by atoms with Gasteiger partial charge >= 0.3 is 5.97 Å². The van der Waals surface area contributed by atoms with Crippen molar-refractivity contribution in [1.82, 2.24) is 14.7 Å². The third kappa shape index (κ3) is 2.40. The third-order valence-electron chi connectivity index (χ3n) is 2.69. The molecule has 1 aliphatic rings. The minimum absolute atomic E-state index is 0.103. The van der Waals surface area contributed by atoms with Crippen molar-refractivity contribution in [2.75, 3.05) is 26.3 Å². The number of carboxylic acid groups (broad SMARTS) is 1. The van der Waals surface area contributed by atoms with Crippen molar-refractivity contribution in [1.29, 1.82) is 0 Å². The largest absolute Gasteiger partial charge is 0.476 e. The van der Waals surface area contributed by atoms with Gasteiger partial charge in [0.1, 0.15) is 0 Å². The van der Waals surface area contributed by atoms with Gasteiger partial charge in [-0.2, -0.15) is 5.10 Å². The molecule has 88 valence electrons. The number of aryl methyl sites for hydroxylation is 1. The molecule has 0 amide bonds. The molecule has 0 atom stereocenters. The quantitative estimate of drug-likeness (QED) is 0.781. The van der Waals surface area contributed by atoms with Crippen LogP contribution in [0.15, 0.2) is 6.07 Å². The summed E-state index contributed by atoms with van der Waals surface area (Å²) in [6.07, 6.45) is 0. The van der Waals surface area contributed by atoms with Gasteiger partial charge in [0.05, 0.1) is 18.9 Å². The zero-order valence-electron chi connectivity index (χ0n) is 9.22. The maximum Gasteiger partial charge on any atom is 0.356 e. The molecule has 0 saturated carbocycles. The molecule has 1 saturated heterocycles. The SMILES string of the molecule is Cn1nc(C(=O)O)cc1CN1CCOCC1. The van der Waals surface area contributed by atoms with Crippen molar-refractivity contribution in [3.05, 3.63) is 17.5 Å². The number of hydrogen-bond acceptors (Lipinski definition) is 4. The zero-order chi connectivity index (χ0) is 11.5. The Morgan fingerprint density at radius 3 is 2.81 bits per heavy atom. The summed E-state index contributed by atoms with van der Waals surface area (Å²) < 4.78 is 6.88. The second kappa shape index (κ2) is 4.63. The molecule has 0 bridgehead atoms. The predicted molar refractivity (Wildman–Crippen MR) is 56.3 cm³/mol. The van der Waals surface area contributed by atoms with Crippen LogP contribution in [0, 0.1) is 0 Å². The second-order valence-corrected chi connectivity index (χ2v) is 3.84. The Labute approximate surface area is 93.4 Å². The van der Waals surface area contributed by atoms with Gasteiger partial charge in [-0.1, -0.05) is 0 Å². The first-order chi connectivity index (χ1) is 7.66. The third-order valence-corrected chi connectivity index (χ3v) is 2.69. The molecular weight excluding hydrogens is 210 g/mol. The maximum atomic E-state index is 10.7. The number of nitrogens with zero attached hydrogens (tertiary/aromatic N) is 3. The van der Waals surface area contributed by atoms with Crippen LogP contribution in [0.5, 0.6) is 0 Å². The van der Waals surface area contributed by atoms with Gasteiger partial charge in [0.15, 0.2) is 5.69 Å². The number of morpholine rings is 1. The van der Waals surface area contributed by atoms with Crippen LogP contribution in [0.4, 0.5) is 0 Å². The van der Waals surface area contributed by atoms with Crippen molar-refractivity contribution in [3.8, 4) is 0 Å². The Bertz CT molecular complexity index is 383. The Morgan fingerprint density at radius 1 is 1.56 bits per heavy atom. The average Bonchev–Trinajstić information content (AvgIpc) is 2.62. The van der Waals surface area contributed by atoms with E-state index in [1.165, 1.54) is 0 Å². The molecule has 1 N–H and O–H groups in total. The van der Waals surface area contributed by atoms with Crippen LogP contribution in [-0.4, -0.2) is 52.1 Å². The molecule has 0 radical (unpaired) electrons. The lowest BCUT2D eigenvalue weighted by atomic mass is 10.3. The topological polar surface area (TPSA) is 67.6 Å². The maximum absolute atomic E-state index is 10.7. The van der Waals surface area contributed by atoms with Crippen molar-refractivity contribution < 1.29 is 14.6 Å². The van der Waals surface area contributed by atoms with Gasteiger partial charge in [-0.15, -0.1) is 0 Å². The monoisotopic (exact) mass is 225 g/mol. The summed E-state index contributed by atoms with van der Waals surface area (Å²) in [5.41, 5.74) is 1.02. The van der Waals surface area contributed by atoms with Crippen LogP contribution in [0.3, 0.4) is 0 Å². The highest BCUT2D eigenvalue weighted by atomic mass is 16.5. The van der Waals surface area contributed by atoms with E-state index in [1.54, 1.807) is 17.8 Å². The predicted octanol–water partition coefficient (Wildman–Crippen LogP) is -0.0495. The molecule has 2 heterocycles. The molecule has 0 spiro atoms. The van der Waals surface area contributed by atoms with Crippen LogP contribution in [0.25, 0.3) is 0 Å². The summed E-state index contributed by atoms with van der Waals surface area (Å²) >= 11 is 0. The van der Waals surface area contributed by atoms with Crippen LogP contribution in [-0.2, 0) is 18.3 Å². The smallest absolute Gasteiger partial charge is 0.356 e. The molecular formula is C10H15N3O3. The Morgan fingerprint density at radius 2 is 2.25 bits per heavy atom. The van der Waals surface area contributed by atoms with Crippen LogP contribution in [0.1, 0.15) is 16.2 Å². The normalized spacial score (nSPS) is 17.6. The molecule has 16 heavy (non-hydrogen) atoms. The molecule has 0 aromatic carbocycles. The highest BCUT2D eigenvalue weighted by Crippen LogP contribution is 2.08. The second-order valence-electron chi connectivity index (χ2n) is 3.84. The number of rotatable bonds is 3. The lowest BCUT2D eigenvalue weighted by Crippen LogP contribution is -2.36. The fraction of sp³-hybridized carbons (Fsp3) is 0.600. The molecule has 1 aromatic heterocycles. The zero-order valence-corrected chi connectivity index (χ0v) is 9.22. The Kier molecular flexibility index (Phi) is 3.21. The van der Waals surface area contributed by atoms with Gasteiger partial charge in [-0.25, -0.2) is 4.79 Å². The number of aromatic carboxylic acids is 1. The summed E-state index contributed by atoms with van der Waals surface area (Å²) in [6.45, 7) is 3.97. The number of ether oxygens (including phenoxy) is 1. The lowest BCUT2D eigenvalue weighted by Gasteiger charge is -2.26. The number of carboxylic acids is 1. The van der Waals surface area contributed by atoms with Crippen molar-refractivity contribution in [2.45, 2.75) is 6.54 Å². The van der Waals surface area contributed by atoms with Crippen LogP contribution >= 0.6 is 0 Å². The first-order valence-corrected chi connectivity index (χ1v) is 5.23. The van der Waals surface area contributed by atoms with E-state index < -0.39 is 5.97 Å². The van der Waals surface area contributed by atoms with E-state index in [9.17, 15) is 4.79 Å². The minimum Gasteiger partial charge on any atom is -0.476 e. The molecule has 0 aliphatic carbocycles. The number of carbonyl (C=O) groups is 1. The first kappa shape index (κ1) is 11.1. The molecule has 0 unspecified atom stereocenters. The van der Waals surface area contributed by atoms with E-state index >= 15 is 0 Å². The van der Waals surface area contributed by atoms with E-state index in [1.807, 2.05) is 0 Å². The number of aromatic nitrogens is 2. The minimum atomic E-state index is -0.983. The van der Waals surface area contributed by atoms with E-state index in [0.717, 1.165) is 38.5 Å². The average molecular weight is 225 g/mol. The van der Waals surface area contributed by atoms with E-state index in [2.05, 4.69) is 10.00 Å². The molecule has 6 heteroatoms. The van der Waals surface area contributed by atoms with Gasteiger partial charge in [-0.05, 0) is 6.07 Å². The van der Waals surface area contributed by atoms with Crippen LogP contribution < -0.4 is 0 Å². The van der Waals surface area contributed by atoms with Crippen molar-refractivity contribution in [2.24, 2.45) is 7.05 Å². The first-order valence-electron chi connectivity index (χ1n) is 5.23. The standard InChI is InChI=1S/C10H15N3O3/c1-12-8(6-9(11-12)10(14)15)7-13-2-4-16-5-3-13/h6H,2-5,7H2,1H3,(H,14,15). The van der Waals surface area contributed by atoms with E-state index in [-0.39, 0.29) is 5.69 Å². The van der Waals surface area contributed by atoms with E-state index in [0.29, 0.717) is 0 Å². The molecule has 1 aromatic rings. The van der Waals surface area contributed by atoms with Gasteiger partial charge in [-0.3, -0.25) is 9.58 Å². The fourth-order valence-electron chi connectivity index (χ4n) is 1.75. The fourth-order valence-corrected chi connectivity index (χ4v) is 1.75. The summed E-state index contributed by atoms with van der Waals surface area (Å²) in [6, 6.07) is 1.62. The molecule has 1 aliphatic heterocycles. The summed E-state index contributed by atoms with van der Waals surface area (Å²) in [5.74, 6) is -0.983. The van der Waals surface area contributed by atoms with Gasteiger partial charge in [0.2, 0.25) is 0 Å². The highest BCUT2D eigenvalue weighted by molar-refractivity contribution is 5.85. The Balaban J connectivity index is 2.05. The van der Waals surface area contributed by atoms with Gasteiger partial charge in [0, 0.05) is 26.7 Å². The highest BCUT2D eigenvalue weighted by Gasteiger charge is 2.15. The summed E-state index contributed by atoms with van der Waals surface area (Å²) in [7, 11) is 1.77. The molecule has 2 rings (SSSR count). The number of hydrogen-bond donors (Lipinski definition) is 1. The van der Waals surface area contributed by atoms with Crippen LogP contribution in [0.2, 0.25) is 0 Å². The van der Waals surface area contributed by atoms with Gasteiger partial charge in [0.25, 0.3) is 0 Å². The summed E-state index contributed by atoms with van der Waals surface area (Å²) in [5, 5.41) is 12.8. The summed E-state index contributed by atoms with van der Waals surface area (Å²) in [4.78, 5) is 13.0. The van der Waals surface area contributed by atoms with Gasteiger partial charge < -0.3 is 9.84 Å². The molecule has 6 nitrogen and oxygen atoms in total.